The molecule has 3 aromatic carbocycles. The quantitative estimate of drug-likeness (QED) is 0.154. The predicted octanol–water partition coefficient (Wildman–Crippen LogP) is 7.73. The largest absolute Gasteiger partial charge is 0.433 e. The number of alkyl halides is 3. The van der Waals surface area contributed by atoms with E-state index in [2.05, 4.69) is 19.9 Å². The summed E-state index contributed by atoms with van der Waals surface area (Å²) in [5.74, 6) is -28.0. The molecule has 0 atom stereocenters. The number of oxazole rings is 1. The van der Waals surface area contributed by atoms with Gasteiger partial charge < -0.3 is 4.42 Å². The second kappa shape index (κ2) is 9.66. The Morgan fingerprint density at radius 1 is 0.548 bits per heavy atom. The van der Waals surface area contributed by atoms with Crippen LogP contribution in [0, 0.1) is 65.1 Å². The Morgan fingerprint density at radius 2 is 0.976 bits per heavy atom. The van der Waals surface area contributed by atoms with Crippen molar-refractivity contribution in [2.75, 3.05) is 0 Å². The van der Waals surface area contributed by atoms with Crippen LogP contribution in [0.5, 0.6) is 0 Å². The third kappa shape index (κ3) is 4.37. The summed E-state index contributed by atoms with van der Waals surface area (Å²) in [4.78, 5) is 13.6. The molecular weight excluding hydrogens is 607 g/mol. The Hall–Kier alpha value is -4.77. The van der Waals surface area contributed by atoms with Gasteiger partial charge in [0.05, 0.1) is 11.1 Å². The lowest BCUT2D eigenvalue weighted by Gasteiger charge is -2.14. The minimum atomic E-state index is -5.95. The van der Waals surface area contributed by atoms with Crippen LogP contribution in [0.4, 0.5) is 57.1 Å². The monoisotopic (exact) mass is 612 g/mol. The van der Waals surface area contributed by atoms with Gasteiger partial charge in [-0.2, -0.15) is 13.2 Å². The van der Waals surface area contributed by atoms with Crippen molar-refractivity contribution in [1.29, 1.82) is 0 Å². The van der Waals surface area contributed by atoms with Gasteiger partial charge in [-0.15, -0.1) is 0 Å². The number of halogens is 13. The molecule has 2 aromatic heterocycles. The number of nitrogens with zero attached hydrogens (tertiary/aromatic N) is 4. The Bertz CT molecular complexity index is 1860. The number of aromatic nitrogens is 4. The highest BCUT2D eigenvalue weighted by molar-refractivity contribution is 5.76. The summed E-state index contributed by atoms with van der Waals surface area (Å²) in [6, 6.07) is 0.929. The molecule has 0 amide bonds. The van der Waals surface area contributed by atoms with Gasteiger partial charge in [-0.25, -0.2) is 63.8 Å². The van der Waals surface area contributed by atoms with E-state index in [4.69, 9.17) is 4.42 Å². The fraction of sp³-hybridized carbons (Fsp3) is 0.0833. The van der Waals surface area contributed by atoms with Gasteiger partial charge in [0.15, 0.2) is 75.4 Å². The lowest BCUT2D eigenvalue weighted by Crippen LogP contribution is -2.17. The number of benzene rings is 3. The Labute approximate surface area is 222 Å². The number of rotatable bonds is 3. The summed E-state index contributed by atoms with van der Waals surface area (Å²) in [6.45, 7) is 0.625. The maximum absolute atomic E-state index is 14.8. The third-order valence-electron chi connectivity index (χ3n) is 5.73. The number of hydrogen-bond acceptors (Lipinski definition) is 5. The molecule has 2 heterocycles. The van der Waals surface area contributed by atoms with Crippen molar-refractivity contribution in [3.8, 4) is 34.5 Å². The Kier molecular flexibility index (Phi) is 6.61. The smallest absolute Gasteiger partial charge is 0.422 e. The molecule has 0 saturated carbocycles. The summed E-state index contributed by atoms with van der Waals surface area (Å²) >= 11 is 0. The van der Waals surface area contributed by atoms with Gasteiger partial charge in [-0.1, -0.05) is 0 Å². The van der Waals surface area contributed by atoms with Crippen molar-refractivity contribution < 1.29 is 61.5 Å². The molecule has 18 heteroatoms. The number of hydrogen-bond donors (Lipinski definition) is 0. The van der Waals surface area contributed by atoms with Gasteiger partial charge in [-0.05, 0) is 6.92 Å². The van der Waals surface area contributed by atoms with Crippen molar-refractivity contribution in [2.24, 2.45) is 0 Å². The van der Waals surface area contributed by atoms with Crippen LogP contribution in [0.1, 0.15) is 11.1 Å². The molecule has 0 aliphatic heterocycles. The van der Waals surface area contributed by atoms with Crippen LogP contribution >= 0.6 is 0 Å². The van der Waals surface area contributed by atoms with Crippen molar-refractivity contribution in [3.63, 3.8) is 0 Å². The van der Waals surface area contributed by atoms with E-state index >= 15 is 0 Å². The van der Waals surface area contributed by atoms with Crippen molar-refractivity contribution >= 4 is 11.1 Å². The average Bonchev–Trinajstić information content (AvgIpc) is 3.32. The molecule has 42 heavy (non-hydrogen) atoms. The zero-order chi connectivity index (χ0) is 31.0. The lowest BCUT2D eigenvalue weighted by molar-refractivity contribution is -0.143. The minimum Gasteiger partial charge on any atom is -0.433 e. The summed E-state index contributed by atoms with van der Waals surface area (Å²) in [5, 5.41) is 0. The summed E-state index contributed by atoms with van der Waals surface area (Å²) in [7, 11) is 0. The van der Waals surface area contributed by atoms with E-state index < -0.39 is 121 Å². The second-order valence-electron chi connectivity index (χ2n) is 8.32. The van der Waals surface area contributed by atoms with Crippen LogP contribution in [0.15, 0.2) is 16.5 Å². The topological polar surface area (TPSA) is 64.7 Å². The van der Waals surface area contributed by atoms with Crippen LogP contribution in [-0.4, -0.2) is 19.9 Å². The van der Waals surface area contributed by atoms with Gasteiger partial charge in [0.1, 0.15) is 11.1 Å². The molecule has 0 aliphatic carbocycles. The van der Waals surface area contributed by atoms with Gasteiger partial charge in [0, 0.05) is 17.7 Å². The average molecular weight is 612 g/mol. The van der Waals surface area contributed by atoms with E-state index in [1.165, 1.54) is 0 Å². The van der Waals surface area contributed by atoms with Crippen LogP contribution < -0.4 is 0 Å². The Balaban J connectivity index is 1.88. The summed E-state index contributed by atoms with van der Waals surface area (Å²) < 4.78 is 188. The normalized spacial score (nSPS) is 12.0. The molecule has 218 valence electrons. The van der Waals surface area contributed by atoms with Crippen LogP contribution in [-0.2, 0) is 6.18 Å². The zero-order valence-electron chi connectivity index (χ0n) is 19.8. The highest BCUT2D eigenvalue weighted by Gasteiger charge is 2.43. The van der Waals surface area contributed by atoms with Gasteiger partial charge in [0.2, 0.25) is 5.82 Å². The van der Waals surface area contributed by atoms with Crippen LogP contribution in [0.25, 0.3) is 45.6 Å². The molecule has 0 bridgehead atoms. The highest BCUT2D eigenvalue weighted by Crippen LogP contribution is 2.40. The van der Waals surface area contributed by atoms with Gasteiger partial charge >= 0.3 is 6.18 Å². The molecular formula is C24H5F13N4O. The standard InChI is InChI=1S/C24H5F13N4O/c1-4-12(27)14(29)9(15(30)13(4)28)20-39-21(10-16(31)18(33)11(24(35,36)37)19(34)17(10)32)41-22(40-20)23-38-7-2-5(25)6(26)3-8(7)42-23/h2-3H,1H3. The molecule has 0 saturated heterocycles. The molecule has 5 aromatic rings. The predicted molar refractivity (Wildman–Crippen MR) is 113 cm³/mol. The first-order valence-corrected chi connectivity index (χ1v) is 10.8. The van der Waals surface area contributed by atoms with Crippen LogP contribution in [0.3, 0.4) is 0 Å². The summed E-state index contributed by atoms with van der Waals surface area (Å²) in [6.07, 6.45) is -5.95. The van der Waals surface area contributed by atoms with E-state index in [9.17, 15) is 57.1 Å². The van der Waals surface area contributed by atoms with Crippen molar-refractivity contribution in [1.82, 2.24) is 19.9 Å². The molecule has 0 spiro atoms. The first-order chi connectivity index (χ1) is 19.5. The van der Waals surface area contributed by atoms with E-state index in [0.29, 0.717) is 19.1 Å². The van der Waals surface area contributed by atoms with E-state index in [0.717, 1.165) is 0 Å². The molecule has 0 fully saturated rings. The SMILES string of the molecule is Cc1c(F)c(F)c(-c2nc(-c3nc4cc(F)c(F)cc4o3)nc(-c3c(F)c(F)c(C(F)(F)F)c(F)c3F)n2)c(F)c1F. The van der Waals surface area contributed by atoms with E-state index in [1.54, 1.807) is 0 Å². The molecule has 0 radical (unpaired) electrons. The maximum Gasteiger partial charge on any atom is 0.422 e. The lowest BCUT2D eigenvalue weighted by atomic mass is 10.1. The minimum absolute atomic E-state index is 0.453. The van der Waals surface area contributed by atoms with Gasteiger partial charge in [-0.3, -0.25) is 0 Å². The fourth-order valence-electron chi connectivity index (χ4n) is 3.73. The first kappa shape index (κ1) is 28.7. The maximum atomic E-state index is 14.8. The first-order valence-electron chi connectivity index (χ1n) is 10.8. The van der Waals surface area contributed by atoms with Gasteiger partial charge in [0.25, 0.3) is 5.89 Å². The molecule has 0 aliphatic rings. The van der Waals surface area contributed by atoms with E-state index in [-0.39, 0.29) is 0 Å². The molecule has 5 nitrogen and oxygen atoms in total. The van der Waals surface area contributed by atoms with Crippen molar-refractivity contribution in [2.45, 2.75) is 13.1 Å². The van der Waals surface area contributed by atoms with Crippen molar-refractivity contribution in [3.05, 3.63) is 81.4 Å². The second-order valence-corrected chi connectivity index (χ2v) is 8.32. The zero-order valence-corrected chi connectivity index (χ0v) is 19.8. The molecule has 0 N–H and O–H groups in total. The number of fused-ring (bicyclic) bond motifs is 1. The molecule has 0 unspecified atom stereocenters. The fourth-order valence-corrected chi connectivity index (χ4v) is 3.73. The van der Waals surface area contributed by atoms with E-state index in [1.807, 2.05) is 0 Å². The van der Waals surface area contributed by atoms with Crippen LogP contribution in [0.2, 0.25) is 0 Å². The third-order valence-corrected chi connectivity index (χ3v) is 5.73. The molecule has 5 rings (SSSR count). The Morgan fingerprint density at radius 3 is 1.45 bits per heavy atom. The summed E-state index contributed by atoms with van der Waals surface area (Å²) in [5.41, 5.74) is -9.01. The highest BCUT2D eigenvalue weighted by atomic mass is 19.4.